The molecule has 1 aliphatic rings. The Kier molecular flexibility index (Phi) is 4.37. The van der Waals surface area contributed by atoms with Crippen LogP contribution in [0.15, 0.2) is 30.3 Å². The van der Waals surface area contributed by atoms with Crippen molar-refractivity contribution in [3.63, 3.8) is 0 Å². The molecular weight excluding hydrogens is 270 g/mol. The molecule has 0 aliphatic carbocycles. The third-order valence-corrected chi connectivity index (χ3v) is 3.32. The monoisotopic (exact) mass is 287 g/mol. The zero-order valence-electron chi connectivity index (χ0n) is 11.6. The maximum Gasteiger partial charge on any atom is 0.251 e. The van der Waals surface area contributed by atoms with E-state index < -0.39 is 0 Å². The Morgan fingerprint density at radius 1 is 1.38 bits per heavy atom. The van der Waals surface area contributed by atoms with Crippen molar-refractivity contribution in [3.05, 3.63) is 30.3 Å². The van der Waals surface area contributed by atoms with Gasteiger partial charge in [0.25, 0.3) is 5.91 Å². The Bertz CT molecular complexity index is 626. The lowest BCUT2D eigenvalue weighted by molar-refractivity contribution is -0.121. The summed E-state index contributed by atoms with van der Waals surface area (Å²) in [7, 11) is 0. The van der Waals surface area contributed by atoms with Crippen LogP contribution >= 0.6 is 0 Å². The van der Waals surface area contributed by atoms with Gasteiger partial charge in [0.05, 0.1) is 18.2 Å². The van der Waals surface area contributed by atoms with Crippen molar-refractivity contribution in [2.75, 3.05) is 25.1 Å². The SMILES string of the molecule is O=C(COC[C@H]1CCCO1)Nc1cc2ccccc2nn1. The number of ether oxygens (including phenoxy) is 2. The molecule has 1 aromatic heterocycles. The number of carbonyl (C=O) groups excluding carboxylic acids is 1. The molecule has 110 valence electrons. The fourth-order valence-corrected chi connectivity index (χ4v) is 2.28. The Balaban J connectivity index is 1.50. The first-order valence-corrected chi connectivity index (χ1v) is 7.03. The molecule has 0 unspecified atom stereocenters. The highest BCUT2D eigenvalue weighted by molar-refractivity contribution is 5.92. The van der Waals surface area contributed by atoms with Crippen LogP contribution < -0.4 is 5.32 Å². The molecular formula is C15H17N3O3. The number of benzene rings is 1. The third-order valence-electron chi connectivity index (χ3n) is 3.32. The lowest BCUT2D eigenvalue weighted by Crippen LogP contribution is -2.23. The lowest BCUT2D eigenvalue weighted by Gasteiger charge is -2.10. The Morgan fingerprint density at radius 2 is 2.29 bits per heavy atom. The molecule has 0 spiro atoms. The van der Waals surface area contributed by atoms with E-state index in [4.69, 9.17) is 9.47 Å². The number of nitrogens with one attached hydrogen (secondary N) is 1. The predicted molar refractivity (Wildman–Crippen MR) is 78.0 cm³/mol. The van der Waals surface area contributed by atoms with Crippen LogP contribution in [0.2, 0.25) is 0 Å². The van der Waals surface area contributed by atoms with E-state index in [1.807, 2.05) is 24.3 Å². The number of aromatic nitrogens is 2. The van der Waals surface area contributed by atoms with Crippen molar-refractivity contribution in [2.45, 2.75) is 18.9 Å². The summed E-state index contributed by atoms with van der Waals surface area (Å²) in [6, 6.07) is 9.40. The number of hydrogen-bond donors (Lipinski definition) is 1. The molecule has 1 aromatic carbocycles. The molecule has 1 amide bonds. The predicted octanol–water partition coefficient (Wildman–Crippen LogP) is 1.76. The molecule has 0 saturated carbocycles. The van der Waals surface area contributed by atoms with Gasteiger partial charge in [0, 0.05) is 12.0 Å². The maximum absolute atomic E-state index is 11.8. The van der Waals surface area contributed by atoms with Gasteiger partial charge < -0.3 is 14.8 Å². The third kappa shape index (κ3) is 3.74. The highest BCUT2D eigenvalue weighted by atomic mass is 16.5. The summed E-state index contributed by atoms with van der Waals surface area (Å²) in [6.45, 7) is 1.23. The number of nitrogens with zero attached hydrogens (tertiary/aromatic N) is 2. The van der Waals surface area contributed by atoms with Crippen molar-refractivity contribution in [1.82, 2.24) is 10.2 Å². The number of carbonyl (C=O) groups is 1. The molecule has 21 heavy (non-hydrogen) atoms. The molecule has 1 aliphatic heterocycles. The molecule has 6 heteroatoms. The van der Waals surface area contributed by atoms with Gasteiger partial charge in [-0.3, -0.25) is 4.79 Å². The summed E-state index contributed by atoms with van der Waals surface area (Å²) in [6.07, 6.45) is 2.18. The van der Waals surface area contributed by atoms with Crippen molar-refractivity contribution < 1.29 is 14.3 Å². The van der Waals surface area contributed by atoms with E-state index in [-0.39, 0.29) is 18.6 Å². The van der Waals surface area contributed by atoms with E-state index in [1.54, 1.807) is 6.07 Å². The fourth-order valence-electron chi connectivity index (χ4n) is 2.28. The first-order chi connectivity index (χ1) is 10.3. The van der Waals surface area contributed by atoms with Gasteiger partial charge in [0.2, 0.25) is 0 Å². The molecule has 2 aromatic rings. The van der Waals surface area contributed by atoms with Crippen molar-refractivity contribution >= 4 is 22.6 Å². The molecule has 6 nitrogen and oxygen atoms in total. The molecule has 0 radical (unpaired) electrons. The van der Waals surface area contributed by atoms with Crippen LogP contribution in [0.25, 0.3) is 10.9 Å². The van der Waals surface area contributed by atoms with E-state index in [2.05, 4.69) is 15.5 Å². The molecule has 1 saturated heterocycles. The minimum Gasteiger partial charge on any atom is -0.376 e. The van der Waals surface area contributed by atoms with Gasteiger partial charge in [-0.15, -0.1) is 10.2 Å². The van der Waals surface area contributed by atoms with Gasteiger partial charge in [0.15, 0.2) is 5.82 Å². The first-order valence-electron chi connectivity index (χ1n) is 7.03. The molecule has 1 atom stereocenters. The van der Waals surface area contributed by atoms with Crippen LogP contribution in [0.5, 0.6) is 0 Å². The van der Waals surface area contributed by atoms with Crippen LogP contribution in [0.3, 0.4) is 0 Å². The number of anilines is 1. The van der Waals surface area contributed by atoms with Gasteiger partial charge in [-0.2, -0.15) is 0 Å². The van der Waals surface area contributed by atoms with Crippen molar-refractivity contribution in [3.8, 4) is 0 Å². The summed E-state index contributed by atoms with van der Waals surface area (Å²) < 4.78 is 10.8. The van der Waals surface area contributed by atoms with E-state index in [1.165, 1.54) is 0 Å². The van der Waals surface area contributed by atoms with Gasteiger partial charge in [-0.1, -0.05) is 18.2 Å². The number of fused-ring (bicyclic) bond motifs is 1. The molecule has 0 bridgehead atoms. The maximum atomic E-state index is 11.8. The van der Waals surface area contributed by atoms with E-state index in [0.29, 0.717) is 12.4 Å². The highest BCUT2D eigenvalue weighted by Crippen LogP contribution is 2.14. The van der Waals surface area contributed by atoms with Crippen LogP contribution in [0.4, 0.5) is 5.82 Å². The average Bonchev–Trinajstić information content (AvgIpc) is 3.00. The van der Waals surface area contributed by atoms with E-state index >= 15 is 0 Å². The zero-order valence-corrected chi connectivity index (χ0v) is 11.6. The number of amides is 1. The minimum atomic E-state index is -0.238. The molecule has 1 N–H and O–H groups in total. The van der Waals surface area contributed by atoms with E-state index in [9.17, 15) is 4.79 Å². The fraction of sp³-hybridized carbons (Fsp3) is 0.400. The van der Waals surface area contributed by atoms with Gasteiger partial charge in [0.1, 0.15) is 6.61 Å². The summed E-state index contributed by atoms with van der Waals surface area (Å²) in [5, 5.41) is 11.6. The first kappa shape index (κ1) is 13.9. The van der Waals surface area contributed by atoms with Crippen LogP contribution in [0, 0.1) is 0 Å². The van der Waals surface area contributed by atoms with Gasteiger partial charge in [-0.05, 0) is 25.0 Å². The Hall–Kier alpha value is -2.05. The summed E-state index contributed by atoms with van der Waals surface area (Å²) in [5.74, 6) is 0.192. The van der Waals surface area contributed by atoms with Crippen LogP contribution in [0.1, 0.15) is 12.8 Å². The zero-order chi connectivity index (χ0) is 14.5. The lowest BCUT2D eigenvalue weighted by atomic mass is 10.2. The average molecular weight is 287 g/mol. The van der Waals surface area contributed by atoms with Gasteiger partial charge >= 0.3 is 0 Å². The van der Waals surface area contributed by atoms with Crippen LogP contribution in [-0.2, 0) is 14.3 Å². The largest absolute Gasteiger partial charge is 0.376 e. The number of hydrogen-bond acceptors (Lipinski definition) is 5. The second-order valence-electron chi connectivity index (χ2n) is 4.99. The highest BCUT2D eigenvalue weighted by Gasteiger charge is 2.16. The smallest absolute Gasteiger partial charge is 0.251 e. The van der Waals surface area contributed by atoms with Gasteiger partial charge in [-0.25, -0.2) is 0 Å². The van der Waals surface area contributed by atoms with Crippen molar-refractivity contribution in [1.29, 1.82) is 0 Å². The number of rotatable bonds is 5. The van der Waals surface area contributed by atoms with Crippen LogP contribution in [-0.4, -0.2) is 42.0 Å². The second kappa shape index (κ2) is 6.60. The van der Waals surface area contributed by atoms with E-state index in [0.717, 1.165) is 30.4 Å². The summed E-state index contributed by atoms with van der Waals surface area (Å²) in [5.41, 5.74) is 0.796. The van der Waals surface area contributed by atoms with Crippen molar-refractivity contribution in [2.24, 2.45) is 0 Å². The normalized spacial score (nSPS) is 18.0. The minimum absolute atomic E-state index is 0.00559. The Labute approximate surface area is 122 Å². The molecule has 2 heterocycles. The Morgan fingerprint density at radius 3 is 3.14 bits per heavy atom. The quantitative estimate of drug-likeness (QED) is 0.907. The molecule has 3 rings (SSSR count). The molecule has 1 fully saturated rings. The summed E-state index contributed by atoms with van der Waals surface area (Å²) in [4.78, 5) is 11.8. The second-order valence-corrected chi connectivity index (χ2v) is 4.99. The standard InChI is InChI=1S/C15H17N3O3/c19-15(10-20-9-12-5-3-7-21-12)16-14-8-11-4-1-2-6-13(11)17-18-14/h1-2,4,6,8,12H,3,5,7,9-10H2,(H,16,18,19)/t12-/m1/s1. The topological polar surface area (TPSA) is 73.3 Å². The summed E-state index contributed by atoms with van der Waals surface area (Å²) >= 11 is 0.